The molecule has 0 bridgehead atoms. The van der Waals surface area contributed by atoms with Crippen LogP contribution in [-0.2, 0) is 4.79 Å². The van der Waals surface area contributed by atoms with Crippen LogP contribution in [0.3, 0.4) is 0 Å². The van der Waals surface area contributed by atoms with E-state index < -0.39 is 5.54 Å². The van der Waals surface area contributed by atoms with Crippen molar-refractivity contribution in [1.82, 2.24) is 20.3 Å². The number of amides is 1. The number of nitrogens with one attached hydrogen (secondary N) is 2. The SMILES string of the molecule is NC1(CC(=O)N[C@@H](CCCO)c2ccc(Cl)cc2)CCN(c2ncnc3[nH]ccc23)CC1. The van der Waals surface area contributed by atoms with Gasteiger partial charge in [0.15, 0.2) is 0 Å². The summed E-state index contributed by atoms with van der Waals surface area (Å²) in [5.41, 5.74) is 7.86. The Balaban J connectivity index is 1.37. The second kappa shape index (κ2) is 9.85. The van der Waals surface area contributed by atoms with E-state index in [4.69, 9.17) is 17.3 Å². The van der Waals surface area contributed by atoms with Gasteiger partial charge in [0.2, 0.25) is 5.91 Å². The maximum atomic E-state index is 12.9. The van der Waals surface area contributed by atoms with Gasteiger partial charge in [-0.1, -0.05) is 23.7 Å². The van der Waals surface area contributed by atoms with Gasteiger partial charge in [0, 0.05) is 42.9 Å². The van der Waals surface area contributed by atoms with Gasteiger partial charge in [0.25, 0.3) is 0 Å². The van der Waals surface area contributed by atoms with Crippen LogP contribution in [-0.4, -0.2) is 51.2 Å². The fourth-order valence-corrected chi connectivity index (χ4v) is 4.46. The van der Waals surface area contributed by atoms with E-state index in [0.717, 1.165) is 35.5 Å². The van der Waals surface area contributed by atoms with E-state index in [1.54, 1.807) is 6.33 Å². The predicted molar refractivity (Wildman–Crippen MR) is 126 cm³/mol. The zero-order chi connectivity index (χ0) is 22.6. The van der Waals surface area contributed by atoms with Crippen LogP contribution in [0.15, 0.2) is 42.9 Å². The molecule has 0 unspecified atom stereocenters. The molecule has 32 heavy (non-hydrogen) atoms. The Morgan fingerprint density at radius 1 is 1.25 bits per heavy atom. The third-order valence-electron chi connectivity index (χ3n) is 6.16. The van der Waals surface area contributed by atoms with Crippen LogP contribution in [0.5, 0.6) is 0 Å². The Morgan fingerprint density at radius 2 is 2.00 bits per heavy atom. The highest BCUT2D eigenvalue weighted by atomic mass is 35.5. The average molecular weight is 457 g/mol. The van der Waals surface area contributed by atoms with E-state index >= 15 is 0 Å². The van der Waals surface area contributed by atoms with Gasteiger partial charge < -0.3 is 26.0 Å². The van der Waals surface area contributed by atoms with Gasteiger partial charge in [-0.05, 0) is 49.4 Å². The normalized spacial score (nSPS) is 16.8. The molecule has 0 spiro atoms. The number of nitrogens with zero attached hydrogens (tertiary/aromatic N) is 3. The molecule has 1 atom stereocenters. The summed E-state index contributed by atoms with van der Waals surface area (Å²) in [4.78, 5) is 26.9. The fraction of sp³-hybridized carbons (Fsp3) is 0.435. The number of hydrogen-bond donors (Lipinski definition) is 4. The largest absolute Gasteiger partial charge is 0.396 e. The van der Waals surface area contributed by atoms with E-state index in [-0.39, 0.29) is 25.0 Å². The lowest BCUT2D eigenvalue weighted by atomic mass is 9.85. The minimum absolute atomic E-state index is 0.0751. The van der Waals surface area contributed by atoms with Crippen LogP contribution in [0.2, 0.25) is 5.02 Å². The number of aromatic amines is 1. The number of carbonyl (C=O) groups is 1. The van der Waals surface area contributed by atoms with Crippen molar-refractivity contribution in [1.29, 1.82) is 0 Å². The van der Waals surface area contributed by atoms with E-state index in [0.29, 0.717) is 30.7 Å². The first kappa shape index (κ1) is 22.5. The summed E-state index contributed by atoms with van der Waals surface area (Å²) in [7, 11) is 0. The Hall–Kier alpha value is -2.68. The van der Waals surface area contributed by atoms with Crippen molar-refractivity contribution in [3.05, 3.63) is 53.4 Å². The lowest BCUT2D eigenvalue weighted by Crippen LogP contribution is -2.53. The topological polar surface area (TPSA) is 120 Å². The quantitative estimate of drug-likeness (QED) is 0.413. The number of halogens is 1. The summed E-state index contributed by atoms with van der Waals surface area (Å²) in [5, 5.41) is 14.0. The van der Waals surface area contributed by atoms with E-state index in [2.05, 4.69) is 25.2 Å². The lowest BCUT2D eigenvalue weighted by Gasteiger charge is -2.39. The molecule has 0 aliphatic carbocycles. The molecule has 1 aromatic carbocycles. The van der Waals surface area contributed by atoms with E-state index in [1.807, 2.05) is 36.5 Å². The van der Waals surface area contributed by atoms with Crippen molar-refractivity contribution in [3.8, 4) is 0 Å². The van der Waals surface area contributed by atoms with Crippen LogP contribution < -0.4 is 16.0 Å². The average Bonchev–Trinajstić information content (AvgIpc) is 3.27. The van der Waals surface area contributed by atoms with Crippen LogP contribution in [0.1, 0.15) is 43.7 Å². The van der Waals surface area contributed by atoms with Gasteiger partial charge in [0.05, 0.1) is 11.4 Å². The van der Waals surface area contributed by atoms with E-state index in [1.165, 1.54) is 0 Å². The molecule has 2 aromatic heterocycles. The Bertz CT molecular complexity index is 1050. The number of aliphatic hydroxyl groups excluding tert-OH is 1. The second-order valence-corrected chi connectivity index (χ2v) is 8.94. The first-order valence-electron chi connectivity index (χ1n) is 10.9. The third kappa shape index (κ3) is 5.20. The molecular formula is C23H29ClN6O2. The van der Waals surface area contributed by atoms with Gasteiger partial charge in [-0.3, -0.25) is 4.79 Å². The fourth-order valence-electron chi connectivity index (χ4n) is 4.33. The molecule has 0 radical (unpaired) electrons. The lowest BCUT2D eigenvalue weighted by molar-refractivity contribution is -0.123. The monoisotopic (exact) mass is 456 g/mol. The molecule has 3 aromatic rings. The highest BCUT2D eigenvalue weighted by molar-refractivity contribution is 6.30. The summed E-state index contributed by atoms with van der Waals surface area (Å²) in [6.07, 6.45) is 6.32. The smallest absolute Gasteiger partial charge is 0.222 e. The highest BCUT2D eigenvalue weighted by Crippen LogP contribution is 2.30. The Kier molecular flexibility index (Phi) is 6.93. The number of fused-ring (bicyclic) bond motifs is 1. The molecule has 1 amide bonds. The van der Waals surface area contributed by atoms with Crippen molar-refractivity contribution < 1.29 is 9.90 Å². The number of aliphatic hydroxyl groups is 1. The highest BCUT2D eigenvalue weighted by Gasteiger charge is 2.34. The number of H-pyrrole nitrogens is 1. The van der Waals surface area contributed by atoms with Crippen molar-refractivity contribution in [2.45, 2.75) is 43.7 Å². The van der Waals surface area contributed by atoms with Gasteiger partial charge in [0.1, 0.15) is 17.8 Å². The summed E-state index contributed by atoms with van der Waals surface area (Å²) >= 11 is 6.00. The van der Waals surface area contributed by atoms with Gasteiger partial charge in [-0.2, -0.15) is 0 Å². The summed E-state index contributed by atoms with van der Waals surface area (Å²) in [6, 6.07) is 9.23. The van der Waals surface area contributed by atoms with Crippen molar-refractivity contribution in [2.24, 2.45) is 5.73 Å². The number of nitrogens with two attached hydrogens (primary N) is 1. The molecular weight excluding hydrogens is 428 g/mol. The molecule has 3 heterocycles. The van der Waals surface area contributed by atoms with Gasteiger partial charge >= 0.3 is 0 Å². The molecule has 5 N–H and O–H groups in total. The maximum Gasteiger partial charge on any atom is 0.222 e. The van der Waals surface area contributed by atoms with Crippen molar-refractivity contribution in [2.75, 3.05) is 24.6 Å². The first-order valence-corrected chi connectivity index (χ1v) is 11.3. The number of carbonyl (C=O) groups excluding carboxylic acids is 1. The zero-order valence-electron chi connectivity index (χ0n) is 17.9. The van der Waals surface area contributed by atoms with Crippen LogP contribution in [0.4, 0.5) is 5.82 Å². The molecule has 4 rings (SSSR count). The van der Waals surface area contributed by atoms with Crippen LogP contribution >= 0.6 is 11.6 Å². The van der Waals surface area contributed by atoms with Crippen molar-refractivity contribution in [3.63, 3.8) is 0 Å². The number of aromatic nitrogens is 3. The standard InChI is InChI=1S/C23H29ClN6O2/c24-17-5-3-16(4-6-17)19(2-1-13-31)29-20(32)14-23(25)8-11-30(12-9-23)22-18-7-10-26-21(18)27-15-28-22/h3-7,10,15,19,31H,1-2,8-9,11-14,25H2,(H,29,32)(H,26,27,28)/t19-/m0/s1. The van der Waals surface area contributed by atoms with Crippen LogP contribution in [0.25, 0.3) is 11.0 Å². The van der Waals surface area contributed by atoms with Gasteiger partial charge in [-0.15, -0.1) is 0 Å². The molecule has 9 heteroatoms. The number of rotatable bonds is 8. The van der Waals surface area contributed by atoms with E-state index in [9.17, 15) is 9.90 Å². The minimum Gasteiger partial charge on any atom is -0.396 e. The molecule has 1 aliphatic heterocycles. The molecule has 8 nitrogen and oxygen atoms in total. The number of hydrogen-bond acceptors (Lipinski definition) is 6. The Morgan fingerprint density at radius 3 is 2.72 bits per heavy atom. The number of piperidine rings is 1. The van der Waals surface area contributed by atoms with Crippen LogP contribution in [0, 0.1) is 0 Å². The molecule has 0 saturated carbocycles. The molecule has 1 fully saturated rings. The molecule has 170 valence electrons. The summed E-state index contributed by atoms with van der Waals surface area (Å²) in [6.45, 7) is 1.53. The minimum atomic E-state index is -0.563. The second-order valence-electron chi connectivity index (χ2n) is 8.50. The number of anilines is 1. The summed E-state index contributed by atoms with van der Waals surface area (Å²) < 4.78 is 0. The zero-order valence-corrected chi connectivity index (χ0v) is 18.7. The summed E-state index contributed by atoms with van der Waals surface area (Å²) in [5.74, 6) is 0.823. The Labute approximate surface area is 192 Å². The molecule has 1 aliphatic rings. The molecule has 1 saturated heterocycles. The van der Waals surface area contributed by atoms with Gasteiger partial charge in [-0.25, -0.2) is 9.97 Å². The number of benzene rings is 1. The predicted octanol–water partition coefficient (Wildman–Crippen LogP) is 2.93. The first-order chi connectivity index (χ1) is 15.5. The van der Waals surface area contributed by atoms with Crippen molar-refractivity contribution >= 4 is 34.4 Å². The third-order valence-corrected chi connectivity index (χ3v) is 6.41. The maximum absolute atomic E-state index is 12.9.